The lowest BCUT2D eigenvalue weighted by Crippen LogP contribution is -2.42. The largest absolute Gasteiger partial charge is 0.495 e. The van der Waals surface area contributed by atoms with E-state index in [1.165, 1.54) is 12.3 Å². The van der Waals surface area contributed by atoms with Gasteiger partial charge in [0.2, 0.25) is 0 Å². The first kappa shape index (κ1) is 21.8. The molecule has 32 heavy (non-hydrogen) atoms. The number of imidazole rings is 1. The van der Waals surface area contributed by atoms with Gasteiger partial charge in [-0.25, -0.2) is 14.4 Å². The van der Waals surface area contributed by atoms with E-state index in [-0.39, 0.29) is 16.8 Å². The van der Waals surface area contributed by atoms with Crippen LogP contribution in [0.1, 0.15) is 29.8 Å². The Bertz CT molecular complexity index is 1190. The molecule has 4 rings (SSSR count). The average Bonchev–Trinajstić information content (AvgIpc) is 3.22. The summed E-state index contributed by atoms with van der Waals surface area (Å²) in [7, 11) is 1.58. The standard InChI is InChI=1S/C23H22ClFN4O3/c1-14-12-28(13-27-14)18-5-4-16(10-19(18)31-3)11-20-23(30)29(8-9-32-20)15(2)17-6-7-26-22(24)21(17)25/h4-7,10-13,15H,8-9H2,1-3H3/b20-11-. The predicted octanol–water partition coefficient (Wildman–Crippen LogP) is 4.34. The number of morpholine rings is 1. The Labute approximate surface area is 190 Å². The molecule has 0 N–H and O–H groups in total. The van der Waals surface area contributed by atoms with Crippen molar-refractivity contribution in [2.45, 2.75) is 19.9 Å². The van der Waals surface area contributed by atoms with Crippen LogP contribution in [0.15, 0.2) is 48.7 Å². The SMILES string of the molecule is COc1cc(/C=C2\OCCN(C(C)c3ccnc(Cl)c3F)C2=O)ccc1-n1cnc(C)c1. The summed E-state index contributed by atoms with van der Waals surface area (Å²) < 4.78 is 27.5. The number of benzene rings is 1. The highest BCUT2D eigenvalue weighted by Gasteiger charge is 2.31. The van der Waals surface area contributed by atoms with Gasteiger partial charge < -0.3 is 18.9 Å². The summed E-state index contributed by atoms with van der Waals surface area (Å²) in [6.07, 6.45) is 6.69. The van der Waals surface area contributed by atoms with Gasteiger partial charge in [-0.15, -0.1) is 0 Å². The van der Waals surface area contributed by atoms with E-state index in [1.54, 1.807) is 31.3 Å². The van der Waals surface area contributed by atoms with E-state index in [2.05, 4.69) is 9.97 Å². The predicted molar refractivity (Wildman–Crippen MR) is 118 cm³/mol. The molecule has 1 saturated heterocycles. The highest BCUT2D eigenvalue weighted by Crippen LogP contribution is 2.30. The van der Waals surface area contributed by atoms with Crippen LogP contribution in [-0.2, 0) is 9.53 Å². The molecule has 166 valence electrons. The second-order valence-corrected chi connectivity index (χ2v) is 7.75. The monoisotopic (exact) mass is 456 g/mol. The summed E-state index contributed by atoms with van der Waals surface area (Å²) in [4.78, 5) is 22.6. The maximum atomic E-state index is 14.4. The molecule has 0 radical (unpaired) electrons. The zero-order valence-corrected chi connectivity index (χ0v) is 18.6. The number of aromatic nitrogens is 3. The molecular formula is C23H22ClFN4O3. The molecule has 3 aromatic rings. The van der Waals surface area contributed by atoms with Crippen LogP contribution in [0.5, 0.6) is 5.75 Å². The summed E-state index contributed by atoms with van der Waals surface area (Å²) in [5, 5.41) is -0.217. The third kappa shape index (κ3) is 4.18. The van der Waals surface area contributed by atoms with Crippen LogP contribution in [0.3, 0.4) is 0 Å². The average molecular weight is 457 g/mol. The molecule has 1 fully saturated rings. The number of ether oxygens (including phenoxy) is 2. The molecular weight excluding hydrogens is 435 g/mol. The number of carbonyl (C=O) groups is 1. The highest BCUT2D eigenvalue weighted by molar-refractivity contribution is 6.29. The van der Waals surface area contributed by atoms with Crippen molar-refractivity contribution in [1.82, 2.24) is 19.4 Å². The quantitative estimate of drug-likeness (QED) is 0.422. The second kappa shape index (κ2) is 9.00. The van der Waals surface area contributed by atoms with E-state index in [1.807, 2.05) is 35.9 Å². The van der Waals surface area contributed by atoms with Gasteiger partial charge in [-0.2, -0.15) is 0 Å². The summed E-state index contributed by atoms with van der Waals surface area (Å²) >= 11 is 5.81. The molecule has 2 aromatic heterocycles. The first-order chi connectivity index (χ1) is 15.4. The van der Waals surface area contributed by atoms with Crippen LogP contribution in [0.2, 0.25) is 5.15 Å². The Morgan fingerprint density at radius 1 is 1.31 bits per heavy atom. The van der Waals surface area contributed by atoms with Crippen molar-refractivity contribution in [3.8, 4) is 11.4 Å². The Morgan fingerprint density at radius 2 is 2.12 bits per heavy atom. The van der Waals surface area contributed by atoms with Gasteiger partial charge >= 0.3 is 0 Å². The van der Waals surface area contributed by atoms with E-state index < -0.39 is 11.9 Å². The second-order valence-electron chi connectivity index (χ2n) is 7.39. The molecule has 1 amide bonds. The first-order valence-corrected chi connectivity index (χ1v) is 10.4. The summed E-state index contributed by atoms with van der Waals surface area (Å²) in [5.74, 6) is -0.151. The number of aryl methyl sites for hydroxylation is 1. The number of halogens is 2. The third-order valence-electron chi connectivity index (χ3n) is 5.35. The van der Waals surface area contributed by atoms with Gasteiger partial charge in [0.25, 0.3) is 5.91 Å². The van der Waals surface area contributed by atoms with Crippen molar-refractivity contribution in [3.05, 3.63) is 76.5 Å². The molecule has 0 bridgehead atoms. The van der Waals surface area contributed by atoms with Crippen molar-refractivity contribution < 1.29 is 18.7 Å². The molecule has 1 atom stereocenters. The van der Waals surface area contributed by atoms with Crippen molar-refractivity contribution >= 4 is 23.6 Å². The van der Waals surface area contributed by atoms with Crippen molar-refractivity contribution in [3.63, 3.8) is 0 Å². The van der Waals surface area contributed by atoms with Gasteiger partial charge in [-0.3, -0.25) is 4.79 Å². The van der Waals surface area contributed by atoms with E-state index in [9.17, 15) is 9.18 Å². The molecule has 0 saturated carbocycles. The van der Waals surface area contributed by atoms with Gasteiger partial charge in [0.1, 0.15) is 12.4 Å². The Balaban J connectivity index is 1.61. The fourth-order valence-corrected chi connectivity index (χ4v) is 3.82. The minimum atomic E-state index is -0.624. The fraction of sp³-hybridized carbons (Fsp3) is 0.261. The smallest absolute Gasteiger partial charge is 0.289 e. The maximum absolute atomic E-state index is 14.4. The molecule has 9 heteroatoms. The van der Waals surface area contributed by atoms with Crippen LogP contribution >= 0.6 is 11.6 Å². The summed E-state index contributed by atoms with van der Waals surface area (Å²) in [5.41, 5.74) is 2.76. The number of hydrogen-bond donors (Lipinski definition) is 0. The van der Waals surface area contributed by atoms with E-state index in [4.69, 9.17) is 21.1 Å². The molecule has 3 heterocycles. The molecule has 1 unspecified atom stereocenters. The normalized spacial score (nSPS) is 16.2. The number of amides is 1. The minimum Gasteiger partial charge on any atom is -0.495 e. The van der Waals surface area contributed by atoms with Crippen LogP contribution < -0.4 is 4.74 Å². The van der Waals surface area contributed by atoms with Crippen molar-refractivity contribution in [2.75, 3.05) is 20.3 Å². The molecule has 1 aromatic carbocycles. The zero-order valence-electron chi connectivity index (χ0n) is 17.9. The van der Waals surface area contributed by atoms with Crippen LogP contribution in [0.4, 0.5) is 4.39 Å². The summed E-state index contributed by atoms with van der Waals surface area (Å²) in [6.45, 7) is 4.29. The third-order valence-corrected chi connectivity index (χ3v) is 5.61. The lowest BCUT2D eigenvalue weighted by atomic mass is 10.1. The fourth-order valence-electron chi connectivity index (χ4n) is 3.66. The molecule has 7 nitrogen and oxygen atoms in total. The van der Waals surface area contributed by atoms with Crippen LogP contribution in [0, 0.1) is 12.7 Å². The van der Waals surface area contributed by atoms with E-state index in [0.717, 1.165) is 16.9 Å². The zero-order chi connectivity index (χ0) is 22.8. The Hall–Kier alpha value is -3.39. The number of rotatable bonds is 5. The van der Waals surface area contributed by atoms with Gasteiger partial charge in [0, 0.05) is 18.0 Å². The number of nitrogens with zero attached hydrogens (tertiary/aromatic N) is 4. The van der Waals surface area contributed by atoms with E-state index in [0.29, 0.717) is 24.5 Å². The first-order valence-electron chi connectivity index (χ1n) is 10.0. The molecule has 0 aliphatic carbocycles. The van der Waals surface area contributed by atoms with E-state index >= 15 is 0 Å². The molecule has 1 aliphatic rings. The summed E-state index contributed by atoms with van der Waals surface area (Å²) in [6, 6.07) is 6.56. The van der Waals surface area contributed by atoms with Gasteiger partial charge in [0.05, 0.1) is 37.4 Å². The number of pyridine rings is 1. The Morgan fingerprint density at radius 3 is 2.84 bits per heavy atom. The van der Waals surface area contributed by atoms with Gasteiger partial charge in [-0.1, -0.05) is 17.7 Å². The number of carbonyl (C=O) groups excluding carboxylic acids is 1. The van der Waals surface area contributed by atoms with Crippen LogP contribution in [-0.4, -0.2) is 45.6 Å². The number of hydrogen-bond acceptors (Lipinski definition) is 5. The van der Waals surface area contributed by atoms with Crippen molar-refractivity contribution in [1.29, 1.82) is 0 Å². The topological polar surface area (TPSA) is 69.5 Å². The molecule has 0 spiro atoms. The highest BCUT2D eigenvalue weighted by atomic mass is 35.5. The van der Waals surface area contributed by atoms with Gasteiger partial charge in [0.15, 0.2) is 16.7 Å². The number of methoxy groups -OCH3 is 1. The van der Waals surface area contributed by atoms with Crippen LogP contribution in [0.25, 0.3) is 11.8 Å². The lowest BCUT2D eigenvalue weighted by Gasteiger charge is -2.34. The maximum Gasteiger partial charge on any atom is 0.289 e. The van der Waals surface area contributed by atoms with Gasteiger partial charge in [-0.05, 0) is 43.7 Å². The molecule has 1 aliphatic heterocycles. The minimum absolute atomic E-state index is 0.178. The van der Waals surface area contributed by atoms with Crippen molar-refractivity contribution in [2.24, 2.45) is 0 Å². The lowest BCUT2D eigenvalue weighted by molar-refractivity contribution is -0.137. The Kier molecular flexibility index (Phi) is 6.14.